The van der Waals surface area contributed by atoms with Crippen LogP contribution in [0, 0.1) is 6.92 Å². The summed E-state index contributed by atoms with van der Waals surface area (Å²) in [6, 6.07) is 9.80. The molecule has 0 radical (unpaired) electrons. The molecular weight excluding hydrogens is 222 g/mol. The highest BCUT2D eigenvalue weighted by molar-refractivity contribution is 7.95. The summed E-state index contributed by atoms with van der Waals surface area (Å²) in [5.41, 5.74) is 2.04. The zero-order valence-corrected chi connectivity index (χ0v) is 9.88. The number of hydrogen-bond acceptors (Lipinski definition) is 4. The Kier molecular flexibility index (Phi) is 3.10. The quantitative estimate of drug-likeness (QED) is 0.747. The van der Waals surface area contributed by atoms with Gasteiger partial charge in [-0.3, -0.25) is 4.79 Å². The van der Waals surface area contributed by atoms with Crippen LogP contribution in [0.1, 0.15) is 12.5 Å². The maximum absolute atomic E-state index is 10.7. The van der Waals surface area contributed by atoms with Crippen LogP contribution in [0.3, 0.4) is 0 Å². The second-order valence-corrected chi connectivity index (χ2v) is 4.20. The molecule has 0 fully saturated rings. The van der Waals surface area contributed by atoms with Crippen LogP contribution in [0.4, 0.5) is 0 Å². The fourth-order valence-electron chi connectivity index (χ4n) is 1.46. The summed E-state index contributed by atoms with van der Waals surface area (Å²) in [4.78, 5) is 15.1. The first-order valence-corrected chi connectivity index (χ1v) is 5.62. The lowest BCUT2D eigenvalue weighted by Crippen LogP contribution is -1.92. The molecule has 16 heavy (non-hydrogen) atoms. The van der Waals surface area contributed by atoms with Crippen molar-refractivity contribution in [2.45, 2.75) is 18.9 Å². The molecule has 0 aliphatic heterocycles. The van der Waals surface area contributed by atoms with Crippen molar-refractivity contribution < 1.29 is 8.98 Å². The molecule has 0 bridgehead atoms. The average molecular weight is 233 g/mol. The van der Waals surface area contributed by atoms with Gasteiger partial charge in [-0.2, -0.15) is 0 Å². The number of carbonyl (C=O) groups is 1. The number of benzene rings is 1. The van der Waals surface area contributed by atoms with Crippen LogP contribution in [0.2, 0.25) is 0 Å². The van der Waals surface area contributed by atoms with Gasteiger partial charge in [0.25, 0.3) is 0 Å². The molecule has 3 nitrogen and oxygen atoms in total. The molecule has 2 aromatic rings. The molecule has 0 spiro atoms. The number of hydrogen-bond donors (Lipinski definition) is 0. The minimum atomic E-state index is -0.322. The predicted molar refractivity (Wildman–Crippen MR) is 64.1 cm³/mol. The second kappa shape index (κ2) is 4.53. The van der Waals surface area contributed by atoms with Crippen molar-refractivity contribution >= 4 is 28.9 Å². The van der Waals surface area contributed by atoms with Crippen LogP contribution < -0.4 is 0 Å². The zero-order chi connectivity index (χ0) is 11.5. The van der Waals surface area contributed by atoms with Crippen LogP contribution >= 0.6 is 12.0 Å². The first-order valence-electron chi connectivity index (χ1n) is 4.88. The highest BCUT2D eigenvalue weighted by Crippen LogP contribution is 2.23. The number of carbonyl (C=O) groups excluding carboxylic acids is 1. The smallest absolute Gasteiger partial charge is 0.315 e. The molecule has 82 valence electrons. The SMILES string of the molecule is CC(=O)OSc1cc(C)c2ccccc2n1. The lowest BCUT2D eigenvalue weighted by molar-refractivity contribution is -0.130. The topological polar surface area (TPSA) is 39.2 Å². The lowest BCUT2D eigenvalue weighted by Gasteiger charge is -2.04. The Balaban J connectivity index is 2.38. The van der Waals surface area contributed by atoms with Gasteiger partial charge in [0.2, 0.25) is 0 Å². The van der Waals surface area contributed by atoms with Crippen molar-refractivity contribution in [2.75, 3.05) is 0 Å². The number of fused-ring (bicyclic) bond motifs is 1. The summed E-state index contributed by atoms with van der Waals surface area (Å²) in [5.74, 6) is -0.322. The molecule has 0 unspecified atom stereocenters. The van der Waals surface area contributed by atoms with E-state index in [1.165, 1.54) is 6.92 Å². The van der Waals surface area contributed by atoms with E-state index in [2.05, 4.69) is 4.98 Å². The van der Waals surface area contributed by atoms with E-state index in [9.17, 15) is 4.79 Å². The molecule has 0 N–H and O–H groups in total. The van der Waals surface area contributed by atoms with Crippen LogP contribution in [0.15, 0.2) is 35.4 Å². The molecule has 0 aliphatic rings. The molecule has 2 rings (SSSR count). The Morgan fingerprint density at radius 2 is 2.12 bits per heavy atom. The number of aromatic nitrogens is 1. The summed E-state index contributed by atoms with van der Waals surface area (Å²) < 4.78 is 4.85. The van der Waals surface area contributed by atoms with Gasteiger partial charge in [-0.05, 0) is 24.6 Å². The van der Waals surface area contributed by atoms with E-state index in [0.717, 1.165) is 28.5 Å². The normalized spacial score (nSPS) is 10.4. The fourth-order valence-corrected chi connectivity index (χ4v) is 2.03. The highest BCUT2D eigenvalue weighted by Gasteiger charge is 2.04. The lowest BCUT2D eigenvalue weighted by atomic mass is 10.1. The molecule has 1 heterocycles. The third-order valence-electron chi connectivity index (χ3n) is 2.14. The molecule has 1 aromatic carbocycles. The first-order chi connectivity index (χ1) is 7.66. The van der Waals surface area contributed by atoms with Crippen molar-refractivity contribution in [2.24, 2.45) is 0 Å². The number of aryl methyl sites for hydroxylation is 1. The number of rotatable bonds is 2. The maximum atomic E-state index is 10.7. The largest absolute Gasteiger partial charge is 0.385 e. The van der Waals surface area contributed by atoms with E-state index < -0.39 is 0 Å². The predicted octanol–water partition coefficient (Wildman–Crippen LogP) is 3.11. The molecular formula is C12H11NO2S. The Morgan fingerprint density at radius 1 is 1.38 bits per heavy atom. The standard InChI is InChI=1S/C12H11NO2S/c1-8-7-12(16-15-9(2)14)13-11-6-4-3-5-10(8)11/h3-7H,1-2H3. The highest BCUT2D eigenvalue weighted by atomic mass is 32.2. The van der Waals surface area contributed by atoms with Gasteiger partial charge in [0.1, 0.15) is 17.1 Å². The number of para-hydroxylation sites is 1. The van der Waals surface area contributed by atoms with Gasteiger partial charge in [-0.25, -0.2) is 4.98 Å². The van der Waals surface area contributed by atoms with Crippen LogP contribution in [0.5, 0.6) is 0 Å². The van der Waals surface area contributed by atoms with E-state index in [1.54, 1.807) is 0 Å². The molecule has 0 atom stereocenters. The number of nitrogens with zero attached hydrogens (tertiary/aromatic N) is 1. The van der Waals surface area contributed by atoms with E-state index in [0.29, 0.717) is 5.03 Å². The van der Waals surface area contributed by atoms with Gasteiger partial charge in [0.05, 0.1) is 5.52 Å². The molecule has 0 aliphatic carbocycles. The molecule has 0 saturated carbocycles. The van der Waals surface area contributed by atoms with Gasteiger partial charge in [-0.15, -0.1) is 0 Å². The van der Waals surface area contributed by atoms with Crippen molar-refractivity contribution in [3.63, 3.8) is 0 Å². The average Bonchev–Trinajstić information content (AvgIpc) is 2.26. The van der Waals surface area contributed by atoms with Crippen LogP contribution in [-0.4, -0.2) is 11.0 Å². The van der Waals surface area contributed by atoms with Gasteiger partial charge in [0.15, 0.2) is 0 Å². The van der Waals surface area contributed by atoms with Crippen molar-refractivity contribution in [1.29, 1.82) is 0 Å². The van der Waals surface area contributed by atoms with Gasteiger partial charge < -0.3 is 4.18 Å². The zero-order valence-electron chi connectivity index (χ0n) is 9.06. The van der Waals surface area contributed by atoms with Crippen molar-refractivity contribution in [1.82, 2.24) is 4.98 Å². The van der Waals surface area contributed by atoms with Crippen LogP contribution in [-0.2, 0) is 8.98 Å². The molecule has 4 heteroatoms. The summed E-state index contributed by atoms with van der Waals surface area (Å²) in [6.07, 6.45) is 0. The van der Waals surface area contributed by atoms with Gasteiger partial charge in [-0.1, -0.05) is 18.2 Å². The van der Waals surface area contributed by atoms with Crippen LogP contribution in [0.25, 0.3) is 10.9 Å². The van der Waals surface area contributed by atoms with Gasteiger partial charge >= 0.3 is 5.97 Å². The minimum Gasteiger partial charge on any atom is -0.385 e. The first kappa shape index (κ1) is 11.0. The second-order valence-electron chi connectivity index (χ2n) is 3.45. The van der Waals surface area contributed by atoms with Crippen molar-refractivity contribution in [3.05, 3.63) is 35.9 Å². The summed E-state index contributed by atoms with van der Waals surface area (Å²) in [6.45, 7) is 3.39. The summed E-state index contributed by atoms with van der Waals surface area (Å²) in [7, 11) is 0. The Bertz CT molecular complexity index is 540. The molecule has 1 aromatic heterocycles. The van der Waals surface area contributed by atoms with E-state index >= 15 is 0 Å². The van der Waals surface area contributed by atoms with Gasteiger partial charge in [0, 0.05) is 12.3 Å². The Labute approximate surface area is 98.0 Å². The third kappa shape index (κ3) is 2.33. The summed E-state index contributed by atoms with van der Waals surface area (Å²) >= 11 is 0.997. The molecule has 0 saturated heterocycles. The van der Waals surface area contributed by atoms with E-state index in [1.807, 2.05) is 37.3 Å². The van der Waals surface area contributed by atoms with Crippen molar-refractivity contribution in [3.8, 4) is 0 Å². The minimum absolute atomic E-state index is 0.322. The maximum Gasteiger partial charge on any atom is 0.315 e. The monoisotopic (exact) mass is 233 g/mol. The molecule has 0 amide bonds. The third-order valence-corrected chi connectivity index (χ3v) is 2.84. The Morgan fingerprint density at radius 3 is 2.88 bits per heavy atom. The van der Waals surface area contributed by atoms with E-state index in [4.69, 9.17) is 4.18 Å². The number of pyridine rings is 1. The Hall–Kier alpha value is -1.55. The van der Waals surface area contributed by atoms with E-state index in [-0.39, 0.29) is 5.97 Å². The fraction of sp³-hybridized carbons (Fsp3) is 0.167. The summed E-state index contributed by atoms with van der Waals surface area (Å²) in [5, 5.41) is 1.82.